The maximum absolute atomic E-state index is 10.2. The van der Waals surface area contributed by atoms with Crippen molar-refractivity contribution in [3.05, 3.63) is 0 Å². The molecule has 4 aliphatic carbocycles. The van der Waals surface area contributed by atoms with Gasteiger partial charge in [0.1, 0.15) is 0 Å². The number of aliphatic hydroxyl groups is 1. The fourth-order valence-corrected chi connectivity index (χ4v) is 9.01. The van der Waals surface area contributed by atoms with E-state index in [1.807, 2.05) is 0 Å². The third kappa shape index (κ3) is 3.32. The van der Waals surface area contributed by atoms with Gasteiger partial charge in [-0.2, -0.15) is 0 Å². The van der Waals surface area contributed by atoms with Crippen LogP contribution in [0.1, 0.15) is 105 Å². The second kappa shape index (κ2) is 7.33. The summed E-state index contributed by atoms with van der Waals surface area (Å²) in [6.45, 7) is 12.7. The van der Waals surface area contributed by atoms with Gasteiger partial charge in [-0.1, -0.05) is 47.5 Å². The first-order valence-electron chi connectivity index (χ1n) is 12.4. The Balaban J connectivity index is 1.50. The minimum atomic E-state index is -0.00820. The summed E-state index contributed by atoms with van der Waals surface area (Å²) in [5, 5.41) is 10.2. The van der Waals surface area contributed by atoms with Crippen molar-refractivity contribution in [2.45, 2.75) is 111 Å². The molecule has 4 rings (SSSR count). The monoisotopic (exact) mass is 374 g/mol. The van der Waals surface area contributed by atoms with E-state index in [0.29, 0.717) is 10.8 Å². The van der Waals surface area contributed by atoms with E-state index in [-0.39, 0.29) is 6.10 Å². The molecule has 0 heterocycles. The van der Waals surface area contributed by atoms with Gasteiger partial charge in [0.2, 0.25) is 0 Å². The van der Waals surface area contributed by atoms with Crippen molar-refractivity contribution in [1.29, 1.82) is 0 Å². The molecule has 9 atom stereocenters. The van der Waals surface area contributed by atoms with Crippen LogP contribution < -0.4 is 0 Å². The fourth-order valence-electron chi connectivity index (χ4n) is 9.01. The van der Waals surface area contributed by atoms with Gasteiger partial charge in [-0.15, -0.1) is 0 Å². The molecule has 156 valence electrons. The van der Waals surface area contributed by atoms with E-state index < -0.39 is 0 Å². The Morgan fingerprint density at radius 2 is 1.52 bits per heavy atom. The molecule has 0 aromatic heterocycles. The summed E-state index contributed by atoms with van der Waals surface area (Å²) in [7, 11) is 0. The van der Waals surface area contributed by atoms with Gasteiger partial charge in [0.25, 0.3) is 0 Å². The predicted molar refractivity (Wildman–Crippen MR) is 114 cm³/mol. The van der Waals surface area contributed by atoms with Crippen LogP contribution in [0.4, 0.5) is 0 Å². The molecule has 0 bridgehead atoms. The number of fused-ring (bicyclic) bond motifs is 5. The maximum atomic E-state index is 10.2. The number of rotatable bonds is 4. The molecule has 27 heavy (non-hydrogen) atoms. The van der Waals surface area contributed by atoms with E-state index >= 15 is 0 Å². The van der Waals surface area contributed by atoms with E-state index in [4.69, 9.17) is 0 Å². The van der Waals surface area contributed by atoms with Crippen molar-refractivity contribution >= 4 is 0 Å². The van der Waals surface area contributed by atoms with Crippen LogP contribution in [0, 0.1) is 52.3 Å². The van der Waals surface area contributed by atoms with E-state index in [9.17, 15) is 5.11 Å². The van der Waals surface area contributed by atoms with Crippen LogP contribution in [0.2, 0.25) is 0 Å². The van der Waals surface area contributed by atoms with Gasteiger partial charge in [-0.05, 0) is 110 Å². The lowest BCUT2D eigenvalue weighted by atomic mass is 9.44. The van der Waals surface area contributed by atoms with Gasteiger partial charge >= 0.3 is 0 Å². The second-order valence-electron chi connectivity index (χ2n) is 12.3. The van der Waals surface area contributed by atoms with Crippen LogP contribution in [0.5, 0.6) is 0 Å². The summed E-state index contributed by atoms with van der Waals surface area (Å²) < 4.78 is 0. The molecule has 0 spiro atoms. The van der Waals surface area contributed by atoms with Crippen molar-refractivity contribution in [2.75, 3.05) is 0 Å². The van der Waals surface area contributed by atoms with Crippen molar-refractivity contribution in [1.82, 2.24) is 0 Å². The molecule has 0 aromatic rings. The van der Waals surface area contributed by atoms with E-state index in [2.05, 4.69) is 34.6 Å². The largest absolute Gasteiger partial charge is 0.393 e. The minimum absolute atomic E-state index is 0.00820. The molecule has 0 aromatic carbocycles. The SMILES string of the molecule is CC(C)CC[C@@H](C)[C@H]1CC[C@H]2[C@@H]3CC[C@H]4C[C@@H](O)CC[C@]4(C)[C@H]3CC[C@]12C. The van der Waals surface area contributed by atoms with Gasteiger partial charge in [0.05, 0.1) is 6.10 Å². The normalized spacial score (nSPS) is 50.8. The molecule has 4 aliphatic rings. The summed E-state index contributed by atoms with van der Waals surface area (Å²) >= 11 is 0. The molecule has 1 heteroatoms. The van der Waals surface area contributed by atoms with Crippen molar-refractivity contribution in [3.8, 4) is 0 Å². The zero-order valence-corrected chi connectivity index (χ0v) is 18.8. The Morgan fingerprint density at radius 1 is 0.815 bits per heavy atom. The number of hydrogen-bond donors (Lipinski definition) is 1. The zero-order valence-electron chi connectivity index (χ0n) is 18.8. The van der Waals surface area contributed by atoms with Gasteiger partial charge in [-0.25, -0.2) is 0 Å². The molecule has 0 amide bonds. The van der Waals surface area contributed by atoms with Crippen LogP contribution in [-0.2, 0) is 0 Å². The first-order chi connectivity index (χ1) is 12.8. The molecule has 0 aliphatic heterocycles. The molecule has 1 nitrogen and oxygen atoms in total. The average Bonchev–Trinajstić information content (AvgIpc) is 2.97. The predicted octanol–water partition coefficient (Wildman–Crippen LogP) is 7.08. The van der Waals surface area contributed by atoms with Crippen LogP contribution in [0.3, 0.4) is 0 Å². The zero-order chi connectivity index (χ0) is 19.4. The second-order valence-corrected chi connectivity index (χ2v) is 12.3. The maximum Gasteiger partial charge on any atom is 0.0543 e. The highest BCUT2D eigenvalue weighted by molar-refractivity contribution is 5.09. The molecule has 1 N–H and O–H groups in total. The molecule has 0 saturated heterocycles. The first-order valence-corrected chi connectivity index (χ1v) is 12.4. The summed E-state index contributed by atoms with van der Waals surface area (Å²) in [6.07, 6.45) is 15.1. The summed E-state index contributed by atoms with van der Waals surface area (Å²) in [5.41, 5.74) is 1.15. The van der Waals surface area contributed by atoms with Crippen LogP contribution in [-0.4, -0.2) is 11.2 Å². The van der Waals surface area contributed by atoms with Gasteiger partial charge < -0.3 is 5.11 Å². The van der Waals surface area contributed by atoms with E-state index in [1.54, 1.807) is 0 Å². The molecule has 4 fully saturated rings. The third-order valence-electron chi connectivity index (χ3n) is 10.6. The van der Waals surface area contributed by atoms with Crippen molar-refractivity contribution in [2.24, 2.45) is 52.3 Å². The Bertz CT molecular complexity index is 526. The standard InChI is InChI=1S/C26H46O/c1-17(2)6-7-18(3)22-10-11-23-21-9-8-19-16-20(27)12-14-25(19,4)24(21)13-15-26(22,23)5/h17-24,27H,6-16H2,1-5H3/t18-,19+,20+,21+,22-,23+,24+,25+,26-/m1/s1. The quantitative estimate of drug-likeness (QED) is 0.557. The van der Waals surface area contributed by atoms with Crippen LogP contribution >= 0.6 is 0 Å². The van der Waals surface area contributed by atoms with Gasteiger partial charge in [0, 0.05) is 0 Å². The van der Waals surface area contributed by atoms with E-state index in [0.717, 1.165) is 54.3 Å². The van der Waals surface area contributed by atoms with Gasteiger partial charge in [-0.3, -0.25) is 0 Å². The smallest absolute Gasteiger partial charge is 0.0543 e. The number of hydrogen-bond acceptors (Lipinski definition) is 1. The lowest BCUT2D eigenvalue weighted by Gasteiger charge is -2.61. The summed E-state index contributed by atoms with van der Waals surface area (Å²) in [6, 6.07) is 0. The highest BCUT2D eigenvalue weighted by Gasteiger charge is 2.60. The summed E-state index contributed by atoms with van der Waals surface area (Å²) in [5.74, 6) is 6.47. The van der Waals surface area contributed by atoms with Crippen LogP contribution in [0.25, 0.3) is 0 Å². The Kier molecular flexibility index (Phi) is 5.50. The lowest BCUT2D eigenvalue weighted by molar-refractivity contribution is -0.129. The highest BCUT2D eigenvalue weighted by atomic mass is 16.3. The highest BCUT2D eigenvalue weighted by Crippen LogP contribution is 2.68. The third-order valence-corrected chi connectivity index (χ3v) is 10.6. The average molecular weight is 375 g/mol. The van der Waals surface area contributed by atoms with Crippen molar-refractivity contribution in [3.63, 3.8) is 0 Å². The number of aliphatic hydroxyl groups excluding tert-OH is 1. The minimum Gasteiger partial charge on any atom is -0.393 e. The molecular weight excluding hydrogens is 328 g/mol. The fraction of sp³-hybridized carbons (Fsp3) is 1.00. The lowest BCUT2D eigenvalue weighted by Crippen LogP contribution is -2.54. The Labute approximate surface area is 169 Å². The Hall–Kier alpha value is -0.0400. The molecule has 4 saturated carbocycles. The first kappa shape index (κ1) is 20.2. The molecule has 0 unspecified atom stereocenters. The van der Waals surface area contributed by atoms with E-state index in [1.165, 1.54) is 57.8 Å². The van der Waals surface area contributed by atoms with Crippen molar-refractivity contribution < 1.29 is 5.11 Å². The molecular formula is C26H46O. The topological polar surface area (TPSA) is 20.2 Å². The summed E-state index contributed by atoms with van der Waals surface area (Å²) in [4.78, 5) is 0. The van der Waals surface area contributed by atoms with Crippen LogP contribution in [0.15, 0.2) is 0 Å². The molecule has 0 radical (unpaired) electrons. The Morgan fingerprint density at radius 3 is 2.26 bits per heavy atom. The van der Waals surface area contributed by atoms with Gasteiger partial charge in [0.15, 0.2) is 0 Å².